The van der Waals surface area contributed by atoms with Gasteiger partial charge in [0.2, 0.25) is 0 Å². The molecule has 0 saturated carbocycles. The van der Waals surface area contributed by atoms with Crippen LogP contribution in [0.3, 0.4) is 0 Å². The largest absolute Gasteiger partial charge is 0.507 e. The van der Waals surface area contributed by atoms with E-state index in [0.29, 0.717) is 17.5 Å². The second-order valence-corrected chi connectivity index (χ2v) is 9.29. The van der Waals surface area contributed by atoms with Gasteiger partial charge in [0.25, 0.3) is 5.91 Å². The molecule has 2 N–H and O–H groups in total. The molecule has 154 valence electrons. The van der Waals surface area contributed by atoms with Crippen molar-refractivity contribution in [2.45, 2.75) is 64.7 Å². The molecule has 1 amide bonds. The summed E-state index contributed by atoms with van der Waals surface area (Å²) in [7, 11) is 0. The van der Waals surface area contributed by atoms with Crippen LogP contribution >= 0.6 is 11.8 Å². The van der Waals surface area contributed by atoms with Crippen LogP contribution in [0.1, 0.15) is 79.8 Å². The summed E-state index contributed by atoms with van der Waals surface area (Å²) in [5.41, 5.74) is 3.02. The van der Waals surface area contributed by atoms with Gasteiger partial charge in [-0.15, -0.1) is 0 Å². The predicted molar refractivity (Wildman–Crippen MR) is 117 cm³/mol. The first kappa shape index (κ1) is 21.1. The van der Waals surface area contributed by atoms with Gasteiger partial charge in [-0.05, 0) is 50.7 Å². The van der Waals surface area contributed by atoms with Crippen LogP contribution in [0.4, 0.5) is 0 Å². The van der Waals surface area contributed by atoms with Crippen molar-refractivity contribution >= 4 is 17.7 Å². The van der Waals surface area contributed by atoms with Gasteiger partial charge in [0.05, 0.1) is 5.56 Å². The zero-order valence-corrected chi connectivity index (χ0v) is 18.0. The molecule has 0 spiro atoms. The number of hydrogen-bond acceptors (Lipinski definition) is 4. The molecule has 1 atom stereocenters. The van der Waals surface area contributed by atoms with Gasteiger partial charge < -0.3 is 15.1 Å². The third kappa shape index (κ3) is 4.68. The number of unbranched alkanes of at least 4 members (excludes halogenated alkanes) is 2. The van der Waals surface area contributed by atoms with E-state index in [1.807, 2.05) is 16.7 Å². The lowest BCUT2D eigenvalue weighted by molar-refractivity contribution is 0.0767. The van der Waals surface area contributed by atoms with Crippen molar-refractivity contribution in [3.8, 4) is 11.5 Å². The molecule has 1 saturated heterocycles. The highest BCUT2D eigenvalue weighted by atomic mass is 32.2. The molecule has 1 unspecified atom stereocenters. The van der Waals surface area contributed by atoms with Crippen molar-refractivity contribution < 1.29 is 15.0 Å². The summed E-state index contributed by atoms with van der Waals surface area (Å²) >= 11 is 1.86. The molecule has 0 radical (unpaired) electrons. The topological polar surface area (TPSA) is 60.8 Å². The third-order valence-electron chi connectivity index (χ3n) is 5.90. The minimum Gasteiger partial charge on any atom is -0.507 e. The van der Waals surface area contributed by atoms with E-state index in [-0.39, 0.29) is 23.3 Å². The van der Waals surface area contributed by atoms with E-state index >= 15 is 0 Å². The highest BCUT2D eigenvalue weighted by molar-refractivity contribution is 7.99. The summed E-state index contributed by atoms with van der Waals surface area (Å²) < 4.78 is 0. The number of benzene rings is 1. The van der Waals surface area contributed by atoms with Crippen LogP contribution in [0.25, 0.3) is 0 Å². The van der Waals surface area contributed by atoms with Gasteiger partial charge in [0.15, 0.2) is 0 Å². The Morgan fingerprint density at radius 2 is 2.00 bits per heavy atom. The Kier molecular flexibility index (Phi) is 7.33. The van der Waals surface area contributed by atoms with Crippen LogP contribution in [0, 0.1) is 0 Å². The molecule has 1 aromatic carbocycles. The molecular formula is C23H33NO3S. The summed E-state index contributed by atoms with van der Waals surface area (Å²) in [6, 6.07) is 1.74. The summed E-state index contributed by atoms with van der Waals surface area (Å²) in [6.45, 7) is 5.68. The molecule has 1 heterocycles. The molecular weight excluding hydrogens is 370 g/mol. The number of aryl methyl sites for hydroxylation is 1. The molecule has 2 aliphatic rings. The van der Waals surface area contributed by atoms with E-state index in [1.54, 1.807) is 6.07 Å². The highest BCUT2D eigenvalue weighted by Gasteiger charge is 2.30. The van der Waals surface area contributed by atoms with Crippen LogP contribution in [0.2, 0.25) is 0 Å². The number of rotatable bonds is 6. The van der Waals surface area contributed by atoms with Gasteiger partial charge >= 0.3 is 0 Å². The van der Waals surface area contributed by atoms with E-state index in [2.05, 4.69) is 19.9 Å². The van der Waals surface area contributed by atoms with Crippen LogP contribution in [-0.4, -0.2) is 45.6 Å². The van der Waals surface area contributed by atoms with Crippen LogP contribution < -0.4 is 0 Å². The lowest BCUT2D eigenvalue weighted by Crippen LogP contribution is -2.38. The van der Waals surface area contributed by atoms with Gasteiger partial charge in [-0.2, -0.15) is 11.8 Å². The van der Waals surface area contributed by atoms with Crippen molar-refractivity contribution in [2.24, 2.45) is 0 Å². The van der Waals surface area contributed by atoms with E-state index in [4.69, 9.17) is 0 Å². The van der Waals surface area contributed by atoms with Gasteiger partial charge in [0, 0.05) is 36.1 Å². The average molecular weight is 404 g/mol. The number of aromatic hydroxyl groups is 2. The maximum atomic E-state index is 13.3. The van der Waals surface area contributed by atoms with E-state index < -0.39 is 0 Å². The number of carbonyl (C=O) groups is 1. The fourth-order valence-electron chi connectivity index (χ4n) is 4.35. The smallest absolute Gasteiger partial charge is 0.257 e. The van der Waals surface area contributed by atoms with Gasteiger partial charge in [-0.25, -0.2) is 0 Å². The maximum Gasteiger partial charge on any atom is 0.257 e. The number of hydrogen-bond donors (Lipinski definition) is 2. The minimum atomic E-state index is -0.0814. The summed E-state index contributed by atoms with van der Waals surface area (Å²) in [5, 5.41) is 22.0. The zero-order chi connectivity index (χ0) is 20.1. The molecule has 1 aliphatic heterocycles. The second-order valence-electron chi connectivity index (χ2n) is 8.07. The van der Waals surface area contributed by atoms with E-state index in [1.165, 1.54) is 5.57 Å². The Bertz CT molecular complexity index is 738. The molecule has 5 heteroatoms. The standard InChI is InChI=1S/C23H33NO3S/c1-3-4-5-8-18-15-19(25)20(17-9-6-7-16(2)14-17)22(26)21(18)23(27)24-10-12-28-13-11-24/h14-15,17,25-26H,3-13H2,1-2H3. The molecule has 1 aromatic rings. The number of carbonyl (C=O) groups excluding carboxylic acids is 1. The van der Waals surface area contributed by atoms with Gasteiger partial charge in [0.1, 0.15) is 11.5 Å². The molecule has 4 nitrogen and oxygen atoms in total. The molecule has 1 aliphatic carbocycles. The number of phenolic OH excluding ortho intramolecular Hbond substituents is 2. The van der Waals surface area contributed by atoms with Crippen molar-refractivity contribution in [2.75, 3.05) is 24.6 Å². The Hall–Kier alpha value is -1.62. The number of amides is 1. The number of allylic oxidation sites excluding steroid dienone is 2. The number of nitrogens with zero attached hydrogens (tertiary/aromatic N) is 1. The molecule has 1 fully saturated rings. The Balaban J connectivity index is 2.02. The fourth-order valence-corrected chi connectivity index (χ4v) is 5.26. The van der Waals surface area contributed by atoms with Crippen molar-refractivity contribution in [1.82, 2.24) is 4.90 Å². The van der Waals surface area contributed by atoms with Crippen LogP contribution in [0.15, 0.2) is 17.7 Å². The normalized spacial score (nSPS) is 20.1. The summed E-state index contributed by atoms with van der Waals surface area (Å²) in [4.78, 5) is 15.2. The Morgan fingerprint density at radius 1 is 1.25 bits per heavy atom. The summed E-state index contributed by atoms with van der Waals surface area (Å²) in [6.07, 6.45) is 8.95. The quantitative estimate of drug-likeness (QED) is 0.504. The third-order valence-corrected chi connectivity index (χ3v) is 6.85. The first-order valence-corrected chi connectivity index (χ1v) is 11.8. The Labute approximate surface area is 173 Å². The first-order valence-electron chi connectivity index (χ1n) is 10.6. The number of phenols is 2. The average Bonchev–Trinajstić information content (AvgIpc) is 2.68. The van der Waals surface area contributed by atoms with Gasteiger partial charge in [-0.3, -0.25) is 4.79 Å². The monoisotopic (exact) mass is 403 g/mol. The lowest BCUT2D eigenvalue weighted by atomic mass is 9.83. The molecule has 3 rings (SSSR count). The maximum absolute atomic E-state index is 13.3. The lowest BCUT2D eigenvalue weighted by Gasteiger charge is -2.29. The Morgan fingerprint density at radius 3 is 2.68 bits per heavy atom. The second kappa shape index (κ2) is 9.73. The predicted octanol–water partition coefficient (Wildman–Crippen LogP) is 5.23. The molecule has 0 bridgehead atoms. The van der Waals surface area contributed by atoms with Crippen molar-refractivity contribution in [1.29, 1.82) is 0 Å². The van der Waals surface area contributed by atoms with E-state index in [9.17, 15) is 15.0 Å². The zero-order valence-electron chi connectivity index (χ0n) is 17.2. The number of thioether (sulfide) groups is 1. The highest BCUT2D eigenvalue weighted by Crippen LogP contribution is 2.44. The van der Waals surface area contributed by atoms with Crippen molar-refractivity contribution in [3.05, 3.63) is 34.4 Å². The minimum absolute atomic E-state index is 0.00525. The first-order chi connectivity index (χ1) is 13.5. The fraction of sp³-hybridized carbons (Fsp3) is 0.609. The molecule has 0 aromatic heterocycles. The summed E-state index contributed by atoms with van der Waals surface area (Å²) in [5.74, 6) is 1.90. The van der Waals surface area contributed by atoms with Crippen LogP contribution in [-0.2, 0) is 6.42 Å². The SMILES string of the molecule is CCCCCc1cc(O)c(C2C=C(C)CCC2)c(O)c1C(=O)N1CCSCC1. The van der Waals surface area contributed by atoms with E-state index in [0.717, 1.165) is 68.7 Å². The van der Waals surface area contributed by atoms with Crippen LogP contribution in [0.5, 0.6) is 11.5 Å². The van der Waals surface area contributed by atoms with Gasteiger partial charge in [-0.1, -0.05) is 31.4 Å². The van der Waals surface area contributed by atoms with Crippen molar-refractivity contribution in [3.63, 3.8) is 0 Å². The molecule has 28 heavy (non-hydrogen) atoms.